The van der Waals surface area contributed by atoms with Gasteiger partial charge in [-0.1, -0.05) is 29.8 Å². The summed E-state index contributed by atoms with van der Waals surface area (Å²) in [5.74, 6) is 1.12. The molecule has 0 radical (unpaired) electrons. The fourth-order valence-corrected chi connectivity index (χ4v) is 2.54. The van der Waals surface area contributed by atoms with Gasteiger partial charge in [0, 0.05) is 12.2 Å². The molecular weight excluding hydrogens is 352 g/mol. The molecule has 0 aliphatic rings. The molecule has 0 unspecified atom stereocenters. The molecule has 1 amide bonds. The summed E-state index contributed by atoms with van der Waals surface area (Å²) in [6, 6.07) is 19.0. The van der Waals surface area contributed by atoms with Gasteiger partial charge in [-0.15, -0.1) is 10.2 Å². The van der Waals surface area contributed by atoms with Gasteiger partial charge in [0.15, 0.2) is 11.5 Å². The smallest absolute Gasteiger partial charge is 0.272 e. The highest BCUT2D eigenvalue weighted by molar-refractivity contribution is 5.92. The second kappa shape index (κ2) is 8.99. The molecule has 0 atom stereocenters. The van der Waals surface area contributed by atoms with Crippen molar-refractivity contribution in [3.8, 4) is 5.75 Å². The van der Waals surface area contributed by atoms with Crippen LogP contribution in [0.1, 0.15) is 35.5 Å². The van der Waals surface area contributed by atoms with Crippen molar-refractivity contribution in [1.29, 1.82) is 0 Å². The Kier molecular flexibility index (Phi) is 6.22. The van der Waals surface area contributed by atoms with Crippen LogP contribution in [0.25, 0.3) is 0 Å². The third-order valence-corrected chi connectivity index (χ3v) is 3.97. The second-order valence-corrected chi connectivity index (χ2v) is 6.79. The number of aromatic nitrogens is 2. The van der Waals surface area contributed by atoms with E-state index in [0.717, 1.165) is 17.0 Å². The average molecular weight is 376 g/mol. The van der Waals surface area contributed by atoms with E-state index < -0.39 is 0 Å². The van der Waals surface area contributed by atoms with Gasteiger partial charge < -0.3 is 15.4 Å². The minimum Gasteiger partial charge on any atom is -0.491 e. The number of anilines is 2. The minimum atomic E-state index is -0.255. The van der Waals surface area contributed by atoms with Crippen molar-refractivity contribution in [3.05, 3.63) is 77.5 Å². The Morgan fingerprint density at radius 2 is 1.68 bits per heavy atom. The predicted octanol–water partition coefficient (Wildman–Crippen LogP) is 4.25. The van der Waals surface area contributed by atoms with Gasteiger partial charge in [0.25, 0.3) is 5.91 Å². The highest BCUT2D eigenvalue weighted by atomic mass is 16.5. The zero-order valence-corrected chi connectivity index (χ0v) is 16.3. The lowest BCUT2D eigenvalue weighted by Crippen LogP contribution is -2.24. The fourth-order valence-electron chi connectivity index (χ4n) is 2.54. The van der Waals surface area contributed by atoms with E-state index in [-0.39, 0.29) is 17.7 Å². The first kappa shape index (κ1) is 19.4. The number of aryl methyl sites for hydroxylation is 1. The van der Waals surface area contributed by atoms with Gasteiger partial charge in [-0.05, 0) is 62.7 Å². The Labute approximate surface area is 165 Å². The first-order valence-corrected chi connectivity index (χ1v) is 9.21. The molecule has 6 heteroatoms. The van der Waals surface area contributed by atoms with Crippen LogP contribution in [-0.4, -0.2) is 22.2 Å². The molecule has 0 spiro atoms. The number of ether oxygens (including phenoxy) is 1. The first-order chi connectivity index (χ1) is 13.5. The van der Waals surface area contributed by atoms with Gasteiger partial charge in [0.1, 0.15) is 5.75 Å². The summed E-state index contributed by atoms with van der Waals surface area (Å²) in [6.45, 7) is 6.45. The number of rotatable bonds is 7. The number of hydrogen-bond acceptors (Lipinski definition) is 5. The molecule has 2 aromatic carbocycles. The number of benzene rings is 2. The topological polar surface area (TPSA) is 76.1 Å². The summed E-state index contributed by atoms with van der Waals surface area (Å²) in [4.78, 5) is 12.2. The van der Waals surface area contributed by atoms with Crippen molar-refractivity contribution in [2.24, 2.45) is 0 Å². The van der Waals surface area contributed by atoms with Crippen LogP contribution in [0.5, 0.6) is 5.75 Å². The molecular formula is C22H24N4O2. The SMILES string of the molecule is Cc1ccc(CNC(=O)c2ccc(Nc3ccc(OC(C)C)cc3)nn2)cc1. The lowest BCUT2D eigenvalue weighted by Gasteiger charge is -2.11. The maximum Gasteiger partial charge on any atom is 0.272 e. The third-order valence-electron chi connectivity index (χ3n) is 3.97. The van der Waals surface area contributed by atoms with Gasteiger partial charge in [0.2, 0.25) is 0 Å². The van der Waals surface area contributed by atoms with Crippen LogP contribution in [0.15, 0.2) is 60.7 Å². The Balaban J connectivity index is 1.55. The van der Waals surface area contributed by atoms with Gasteiger partial charge in [-0.3, -0.25) is 4.79 Å². The highest BCUT2D eigenvalue weighted by Crippen LogP contribution is 2.19. The molecule has 6 nitrogen and oxygen atoms in total. The standard InChI is InChI=1S/C22H24N4O2/c1-15(2)28-19-10-8-18(9-11-19)24-21-13-12-20(25-26-21)22(27)23-14-17-6-4-16(3)5-7-17/h4-13,15H,14H2,1-3H3,(H,23,27)(H,24,26). The Bertz CT molecular complexity index is 905. The van der Waals surface area contributed by atoms with Crippen LogP contribution in [0.3, 0.4) is 0 Å². The molecule has 3 aromatic rings. The monoisotopic (exact) mass is 376 g/mol. The molecule has 144 valence electrons. The molecule has 3 rings (SSSR count). The maximum absolute atomic E-state index is 12.2. The van der Waals surface area contributed by atoms with E-state index in [9.17, 15) is 4.79 Å². The van der Waals surface area contributed by atoms with E-state index in [0.29, 0.717) is 12.4 Å². The molecule has 28 heavy (non-hydrogen) atoms. The maximum atomic E-state index is 12.2. The van der Waals surface area contributed by atoms with Crippen molar-refractivity contribution in [2.75, 3.05) is 5.32 Å². The zero-order chi connectivity index (χ0) is 19.9. The normalized spacial score (nSPS) is 10.6. The number of nitrogens with zero attached hydrogens (tertiary/aromatic N) is 2. The van der Waals surface area contributed by atoms with Crippen LogP contribution in [-0.2, 0) is 6.54 Å². The molecule has 0 aliphatic carbocycles. The van der Waals surface area contributed by atoms with Crippen molar-refractivity contribution < 1.29 is 9.53 Å². The zero-order valence-electron chi connectivity index (χ0n) is 16.3. The summed E-state index contributed by atoms with van der Waals surface area (Å²) < 4.78 is 5.62. The fraction of sp³-hybridized carbons (Fsp3) is 0.227. The van der Waals surface area contributed by atoms with E-state index in [1.165, 1.54) is 5.56 Å². The van der Waals surface area contributed by atoms with Crippen LogP contribution in [0.2, 0.25) is 0 Å². The van der Waals surface area contributed by atoms with Crippen LogP contribution in [0.4, 0.5) is 11.5 Å². The molecule has 1 aromatic heterocycles. The van der Waals surface area contributed by atoms with Crippen molar-refractivity contribution in [1.82, 2.24) is 15.5 Å². The summed E-state index contributed by atoms with van der Waals surface area (Å²) >= 11 is 0. The third kappa shape index (κ3) is 5.54. The Morgan fingerprint density at radius 3 is 2.29 bits per heavy atom. The molecule has 0 saturated heterocycles. The van der Waals surface area contributed by atoms with E-state index in [1.54, 1.807) is 12.1 Å². The van der Waals surface area contributed by atoms with Gasteiger partial charge in [-0.2, -0.15) is 0 Å². The molecule has 1 heterocycles. The summed E-state index contributed by atoms with van der Waals surface area (Å²) in [5, 5.41) is 14.1. The Hall–Kier alpha value is -3.41. The van der Waals surface area contributed by atoms with Crippen molar-refractivity contribution in [2.45, 2.75) is 33.4 Å². The van der Waals surface area contributed by atoms with Crippen LogP contribution in [0, 0.1) is 6.92 Å². The summed E-state index contributed by atoms with van der Waals surface area (Å²) in [6.07, 6.45) is 0.134. The average Bonchev–Trinajstić information content (AvgIpc) is 2.69. The predicted molar refractivity (Wildman–Crippen MR) is 110 cm³/mol. The van der Waals surface area contributed by atoms with Gasteiger partial charge >= 0.3 is 0 Å². The number of amides is 1. The van der Waals surface area contributed by atoms with Gasteiger partial charge in [0.05, 0.1) is 6.10 Å². The number of carbonyl (C=O) groups excluding carboxylic acids is 1. The lowest BCUT2D eigenvalue weighted by atomic mass is 10.1. The molecule has 2 N–H and O–H groups in total. The molecule has 0 fully saturated rings. The molecule has 0 aliphatic heterocycles. The molecule has 0 saturated carbocycles. The van der Waals surface area contributed by atoms with E-state index >= 15 is 0 Å². The minimum absolute atomic E-state index is 0.134. The lowest BCUT2D eigenvalue weighted by molar-refractivity contribution is 0.0945. The van der Waals surface area contributed by atoms with E-state index in [2.05, 4.69) is 20.8 Å². The highest BCUT2D eigenvalue weighted by Gasteiger charge is 2.08. The number of carbonyl (C=O) groups is 1. The summed E-state index contributed by atoms with van der Waals surface area (Å²) in [7, 11) is 0. The largest absolute Gasteiger partial charge is 0.491 e. The second-order valence-electron chi connectivity index (χ2n) is 6.79. The van der Waals surface area contributed by atoms with E-state index in [1.807, 2.05) is 69.3 Å². The quantitative estimate of drug-likeness (QED) is 0.645. The summed E-state index contributed by atoms with van der Waals surface area (Å²) in [5.41, 5.74) is 3.36. The van der Waals surface area contributed by atoms with Crippen molar-refractivity contribution >= 4 is 17.4 Å². The first-order valence-electron chi connectivity index (χ1n) is 9.21. The Morgan fingerprint density at radius 1 is 0.964 bits per heavy atom. The van der Waals surface area contributed by atoms with E-state index in [4.69, 9.17) is 4.74 Å². The molecule has 0 bridgehead atoms. The number of nitrogens with one attached hydrogen (secondary N) is 2. The van der Waals surface area contributed by atoms with Gasteiger partial charge in [-0.25, -0.2) is 0 Å². The van der Waals surface area contributed by atoms with Crippen LogP contribution < -0.4 is 15.4 Å². The van der Waals surface area contributed by atoms with Crippen molar-refractivity contribution in [3.63, 3.8) is 0 Å². The van der Waals surface area contributed by atoms with Crippen LogP contribution >= 0.6 is 0 Å². The number of hydrogen-bond donors (Lipinski definition) is 2.